The molecular weight excluding hydrogens is 892 g/mol. The highest BCUT2D eigenvalue weighted by atomic mass is 35.5. The Morgan fingerprint density at radius 2 is 1.70 bits per heavy atom. The number of unbranched alkanes of at least 4 members (excludes halogenated alkanes) is 1. The van der Waals surface area contributed by atoms with Crippen molar-refractivity contribution in [2.75, 3.05) is 36.2 Å². The topological polar surface area (TPSA) is 183 Å². The van der Waals surface area contributed by atoms with Gasteiger partial charge in [0.25, 0.3) is 5.91 Å². The van der Waals surface area contributed by atoms with Crippen molar-refractivity contribution in [3.8, 4) is 34.4 Å². The molecule has 4 amide bonds. The van der Waals surface area contributed by atoms with Crippen molar-refractivity contribution in [2.24, 2.45) is 5.41 Å². The Hall–Kier alpha value is -6.67. The molecule has 0 aliphatic carbocycles. The van der Waals surface area contributed by atoms with E-state index >= 15 is 0 Å². The van der Waals surface area contributed by atoms with Gasteiger partial charge in [-0.25, -0.2) is 4.98 Å². The number of carbonyl (C=O) groups excluding carboxylic acids is 4. The van der Waals surface area contributed by atoms with Crippen LogP contribution < -0.4 is 25.2 Å². The van der Waals surface area contributed by atoms with Crippen LogP contribution in [0.5, 0.6) is 5.75 Å². The number of oxazole rings is 1. The van der Waals surface area contributed by atoms with Crippen molar-refractivity contribution in [2.45, 2.75) is 84.5 Å². The van der Waals surface area contributed by atoms with Gasteiger partial charge in [-0.15, -0.1) is 0 Å². The Morgan fingerprint density at radius 1 is 0.985 bits per heavy atom. The fraction of sp³-hybridized carbons (Fsp3) is 0.360. The molecule has 0 saturated carbocycles. The zero-order valence-corrected chi connectivity index (χ0v) is 39.7. The molecule has 2 atom stereocenters. The monoisotopic (exact) mass is 944 g/mol. The first kappa shape index (κ1) is 48.3. The van der Waals surface area contributed by atoms with Gasteiger partial charge in [0.1, 0.15) is 36.0 Å². The molecule has 0 spiro atoms. The largest absolute Gasteiger partial charge is 0.492 e. The molecular formula is C50H53ClN8O7S. The number of ether oxygens (including phenoxy) is 2. The SMILES string of the molecule is CC(C)(C)[C@H](NC(=O)COCCCCOc1ccc(-c2ccc(N3C(=S)N(c4ccc(C#N)c(Cl)c4)C(=O)C3(C)C)cc2)nc1)C(=O)N1CCC[C@H]1C(=O)NCc1ccc(-c2cnco2)cc1. The highest BCUT2D eigenvalue weighted by Gasteiger charge is 2.50. The standard InChI is InChI=1S/C50H53ClN8O7S/c1-49(2,3)44(46(62)57-22-8-9-41(57)45(61)55-27-32-10-12-34(13-11-32)42-29-53-31-66-42)56-43(60)30-64-23-6-7-24-65-38-20-21-40(54-28-38)33-14-17-36(18-15-33)59-48(67)58(47(63)50(59,4)5)37-19-16-35(26-52)39(51)25-37/h10-21,25,28-29,31,41,44H,6-9,22-24,27,30H2,1-5H3,(H,55,61)(H,56,60)/t41-,44+/m0/s1. The van der Waals surface area contributed by atoms with Crippen molar-refractivity contribution in [3.05, 3.63) is 114 Å². The number of nitrogens with one attached hydrogen (secondary N) is 2. The number of aromatic nitrogens is 2. The van der Waals surface area contributed by atoms with Crippen molar-refractivity contribution in [1.29, 1.82) is 5.26 Å². The van der Waals surface area contributed by atoms with Crippen LogP contribution in [0.25, 0.3) is 22.6 Å². The van der Waals surface area contributed by atoms with Gasteiger partial charge in [-0.1, -0.05) is 68.8 Å². The smallest absolute Gasteiger partial charge is 0.259 e. The third-order valence-corrected chi connectivity index (χ3v) is 12.4. The number of likely N-dealkylation sites (tertiary alicyclic amines) is 1. The average molecular weight is 946 g/mol. The average Bonchev–Trinajstić information content (AvgIpc) is 4.07. The summed E-state index contributed by atoms with van der Waals surface area (Å²) in [5, 5.41) is 15.7. The highest BCUT2D eigenvalue weighted by Crippen LogP contribution is 2.38. The van der Waals surface area contributed by atoms with Crippen molar-refractivity contribution >= 4 is 63.9 Å². The maximum atomic E-state index is 13.9. The number of nitrogens with zero attached hydrogens (tertiary/aromatic N) is 6. The molecule has 2 aliphatic heterocycles. The van der Waals surface area contributed by atoms with Crippen LogP contribution in [0.15, 0.2) is 102 Å². The first-order chi connectivity index (χ1) is 32.1. The molecule has 2 aromatic heterocycles. The predicted octanol–water partition coefficient (Wildman–Crippen LogP) is 7.86. The number of amides is 4. The lowest BCUT2D eigenvalue weighted by molar-refractivity contribution is -0.144. The maximum absolute atomic E-state index is 13.9. The van der Waals surface area contributed by atoms with E-state index in [1.54, 1.807) is 40.4 Å². The predicted molar refractivity (Wildman–Crippen MR) is 258 cm³/mol. The van der Waals surface area contributed by atoms with Gasteiger partial charge < -0.3 is 34.3 Å². The van der Waals surface area contributed by atoms with E-state index in [-0.39, 0.29) is 29.4 Å². The first-order valence-electron chi connectivity index (χ1n) is 22.1. The van der Waals surface area contributed by atoms with E-state index in [1.165, 1.54) is 11.3 Å². The fourth-order valence-corrected chi connectivity index (χ4v) is 8.78. The van der Waals surface area contributed by atoms with Gasteiger partial charge >= 0.3 is 0 Å². The van der Waals surface area contributed by atoms with E-state index in [0.717, 1.165) is 28.1 Å². The molecule has 7 rings (SSSR count). The zero-order chi connectivity index (χ0) is 47.9. The van der Waals surface area contributed by atoms with E-state index in [2.05, 4.69) is 20.6 Å². The minimum Gasteiger partial charge on any atom is -0.492 e. The number of halogens is 1. The molecule has 2 N–H and O–H groups in total. The molecule has 2 saturated heterocycles. The maximum Gasteiger partial charge on any atom is 0.259 e. The van der Waals surface area contributed by atoms with Crippen molar-refractivity contribution in [1.82, 2.24) is 25.5 Å². The zero-order valence-electron chi connectivity index (χ0n) is 38.1. The number of carbonyl (C=O) groups is 4. The van der Waals surface area contributed by atoms with E-state index in [1.807, 2.05) is 101 Å². The summed E-state index contributed by atoms with van der Waals surface area (Å²) in [6, 6.07) is 24.3. The minimum absolute atomic E-state index is 0.209. The highest BCUT2D eigenvalue weighted by molar-refractivity contribution is 7.81. The summed E-state index contributed by atoms with van der Waals surface area (Å²) in [6.07, 6.45) is 7.21. The van der Waals surface area contributed by atoms with Crippen LogP contribution in [0.4, 0.5) is 11.4 Å². The lowest BCUT2D eigenvalue weighted by Gasteiger charge is -2.35. The molecule has 348 valence electrons. The van der Waals surface area contributed by atoms with Gasteiger partial charge in [-0.05, 0) is 105 Å². The van der Waals surface area contributed by atoms with Crippen molar-refractivity contribution < 1.29 is 33.1 Å². The molecule has 5 aromatic rings. The summed E-state index contributed by atoms with van der Waals surface area (Å²) >= 11 is 12.1. The van der Waals surface area contributed by atoms with E-state index in [9.17, 15) is 24.4 Å². The molecule has 2 fully saturated rings. The second-order valence-corrected chi connectivity index (χ2v) is 18.7. The molecule has 4 heterocycles. The number of benzene rings is 3. The first-order valence-corrected chi connectivity index (χ1v) is 22.9. The molecule has 15 nitrogen and oxygen atoms in total. The van der Waals surface area contributed by atoms with E-state index in [0.29, 0.717) is 79.9 Å². The Morgan fingerprint density at radius 3 is 2.36 bits per heavy atom. The van der Waals surface area contributed by atoms with Gasteiger partial charge in [0.2, 0.25) is 17.7 Å². The number of thiocarbonyl (C=S) groups is 1. The number of nitriles is 1. The van der Waals surface area contributed by atoms with Crippen LogP contribution in [-0.2, 0) is 30.5 Å². The third kappa shape index (κ3) is 11.1. The molecule has 0 unspecified atom stereocenters. The van der Waals surface area contributed by atoms with Gasteiger partial charge in [0, 0.05) is 36.5 Å². The van der Waals surface area contributed by atoms with Gasteiger partial charge in [0.15, 0.2) is 17.3 Å². The second-order valence-electron chi connectivity index (χ2n) is 18.0. The summed E-state index contributed by atoms with van der Waals surface area (Å²) in [7, 11) is 0. The van der Waals surface area contributed by atoms with Crippen LogP contribution in [0.3, 0.4) is 0 Å². The Balaban J connectivity index is 0.822. The summed E-state index contributed by atoms with van der Waals surface area (Å²) in [6.45, 7) is 10.5. The minimum atomic E-state index is -0.980. The van der Waals surface area contributed by atoms with Crippen LogP contribution in [0.1, 0.15) is 71.4 Å². The molecule has 0 bridgehead atoms. The Labute approximate surface area is 400 Å². The van der Waals surface area contributed by atoms with Crippen LogP contribution >= 0.6 is 23.8 Å². The quantitative estimate of drug-likeness (QED) is 0.0681. The normalized spacial score (nSPS) is 16.2. The summed E-state index contributed by atoms with van der Waals surface area (Å²) in [5.41, 5.74) is 3.32. The molecule has 17 heteroatoms. The number of anilines is 2. The van der Waals surface area contributed by atoms with Crippen LogP contribution in [0, 0.1) is 16.7 Å². The summed E-state index contributed by atoms with van der Waals surface area (Å²) in [5.74, 6) is 0.115. The lowest BCUT2D eigenvalue weighted by Crippen LogP contribution is -2.58. The van der Waals surface area contributed by atoms with E-state index in [4.69, 9.17) is 37.7 Å². The molecule has 3 aromatic carbocycles. The lowest BCUT2D eigenvalue weighted by atomic mass is 9.85. The number of hydrogen-bond acceptors (Lipinski definition) is 11. The van der Waals surface area contributed by atoms with Crippen LogP contribution in [-0.4, -0.2) is 87.6 Å². The van der Waals surface area contributed by atoms with E-state index < -0.39 is 28.9 Å². The Bertz CT molecular complexity index is 2630. The van der Waals surface area contributed by atoms with Crippen LogP contribution in [0.2, 0.25) is 5.02 Å². The summed E-state index contributed by atoms with van der Waals surface area (Å²) < 4.78 is 16.9. The van der Waals surface area contributed by atoms with Gasteiger partial charge in [-0.3, -0.25) is 29.1 Å². The Kier molecular flexibility index (Phi) is 15.0. The van der Waals surface area contributed by atoms with Gasteiger partial charge in [-0.2, -0.15) is 5.26 Å². The molecule has 67 heavy (non-hydrogen) atoms. The van der Waals surface area contributed by atoms with Gasteiger partial charge in [0.05, 0.1) is 41.0 Å². The van der Waals surface area contributed by atoms with Crippen molar-refractivity contribution in [3.63, 3.8) is 0 Å². The number of rotatable bonds is 17. The molecule has 2 aliphatic rings. The summed E-state index contributed by atoms with van der Waals surface area (Å²) in [4.78, 5) is 67.3. The number of pyridine rings is 1. The third-order valence-electron chi connectivity index (χ3n) is 11.7. The molecule has 0 radical (unpaired) electrons. The fourth-order valence-electron chi connectivity index (χ4n) is 8.04. The second kappa shape index (κ2) is 20.9. The number of hydrogen-bond donors (Lipinski definition) is 2.